The van der Waals surface area contributed by atoms with E-state index in [1.165, 1.54) is 5.56 Å². The summed E-state index contributed by atoms with van der Waals surface area (Å²) in [7, 11) is 5.47. The van der Waals surface area contributed by atoms with Crippen molar-refractivity contribution in [3.8, 4) is 5.75 Å². The van der Waals surface area contributed by atoms with Crippen molar-refractivity contribution in [1.29, 1.82) is 0 Å². The number of aliphatic hydroxyl groups is 3. The SMILES string of the molecule is CC[C@]1(O)C[C@H]2CN(CCc3c([nH]c4ccccc34)[C@@](C)(c3cc4c(cc3OC)N(C)C3[C@]45CCN4CC=C[C@@](CC)([C@@H](O)[C@]3(O)C(=O)NNC(=O)OCCSSC[C@H](CC(=O)[C@H](CC(=O)O)NC(=O)[C@@H](N)CNC(=O)[C@@H](CC(=O)[C@H](Cc3ccccc3)NC(=O)CCNC(=O)CC[C@H](NC(=O)N[C@@H](CCC(=O)O)OC=O)C(=O)O)Cc3ccccc3)C(=O)O)[C@H]45)C2)C1. The summed E-state index contributed by atoms with van der Waals surface area (Å²) in [4.78, 5) is 193. The molecule has 692 valence electrons. The number of hydrogen-bond acceptors (Lipinski definition) is 26. The molecule has 5 aromatic rings. The fraction of sp³-hybridized carbons (Fsp3) is 0.528. The zero-order chi connectivity index (χ0) is 92.6. The van der Waals surface area contributed by atoms with Crippen molar-refractivity contribution in [3.05, 3.63) is 143 Å². The van der Waals surface area contributed by atoms with Crippen molar-refractivity contribution < 1.29 is 117 Å². The Morgan fingerprint density at radius 3 is 2.07 bits per heavy atom. The molecule has 17 atom stereocenters. The van der Waals surface area contributed by atoms with E-state index in [4.69, 9.17) is 20.3 Å². The van der Waals surface area contributed by atoms with E-state index in [2.05, 4.69) is 87.4 Å². The van der Waals surface area contributed by atoms with Gasteiger partial charge >= 0.3 is 36.0 Å². The number of carbonyl (C=O) groups is 14. The average Bonchev–Trinajstić information content (AvgIpc) is 1.47. The largest absolute Gasteiger partial charge is 0.496 e. The summed E-state index contributed by atoms with van der Waals surface area (Å²) in [6, 6.07) is 20.6. The lowest BCUT2D eigenvalue weighted by atomic mass is 9.47. The number of nitrogens with zero attached hydrogens (tertiary/aromatic N) is 3. The molecule has 1 aromatic heterocycles. The Morgan fingerprint density at radius 2 is 1.40 bits per heavy atom. The van der Waals surface area contributed by atoms with Crippen LogP contribution in [0.2, 0.25) is 0 Å². The molecule has 2 unspecified atom stereocenters. The number of para-hydroxylation sites is 1. The van der Waals surface area contributed by atoms with Gasteiger partial charge in [-0.2, -0.15) is 0 Å². The molecule has 37 nitrogen and oxygen atoms in total. The molecule has 1 spiro atoms. The van der Waals surface area contributed by atoms with Crippen LogP contribution < -0.4 is 58.1 Å². The van der Waals surface area contributed by atoms with Crippen molar-refractivity contribution in [3.63, 3.8) is 0 Å². The third-order valence-corrected chi connectivity index (χ3v) is 28.4. The molecule has 0 radical (unpaired) electrons. The van der Waals surface area contributed by atoms with Gasteiger partial charge in [0.2, 0.25) is 23.6 Å². The quantitative estimate of drug-likeness (QED) is 0.00664. The van der Waals surface area contributed by atoms with Crippen molar-refractivity contribution in [2.24, 2.45) is 28.9 Å². The Labute approximate surface area is 747 Å². The number of hydrazine groups is 1. The number of ether oxygens (including phenoxy) is 3. The molecule has 11 rings (SSSR count). The number of aromatic amines is 1. The van der Waals surface area contributed by atoms with E-state index in [0.29, 0.717) is 74.3 Å². The molecule has 1 saturated carbocycles. The molecular weight excluding hydrogens is 1700 g/mol. The number of benzene rings is 4. The van der Waals surface area contributed by atoms with Crippen molar-refractivity contribution >= 4 is 122 Å². The Hall–Kier alpha value is -11.2. The first kappa shape index (κ1) is 97.4. The summed E-state index contributed by atoms with van der Waals surface area (Å²) >= 11 is 0. The number of carboxylic acids is 4. The van der Waals surface area contributed by atoms with E-state index in [1.807, 2.05) is 49.1 Å². The highest BCUT2D eigenvalue weighted by Gasteiger charge is 2.79. The van der Waals surface area contributed by atoms with Gasteiger partial charge in [-0.05, 0) is 112 Å². The van der Waals surface area contributed by atoms with Crippen LogP contribution in [0.25, 0.3) is 10.9 Å². The Balaban J connectivity index is 0.673. The molecule has 128 heavy (non-hydrogen) atoms. The van der Waals surface area contributed by atoms with Crippen molar-refractivity contribution in [2.75, 3.05) is 83.0 Å². The molecule has 8 amide bonds. The Bertz CT molecular complexity index is 4950. The smallest absolute Gasteiger partial charge is 0.426 e. The Kier molecular flexibility index (Phi) is 32.6. The maximum absolute atomic E-state index is 15.3. The van der Waals surface area contributed by atoms with E-state index in [-0.39, 0.29) is 62.7 Å². The summed E-state index contributed by atoms with van der Waals surface area (Å²) in [6.45, 7) is 8.24. The van der Waals surface area contributed by atoms with Crippen LogP contribution >= 0.6 is 21.6 Å². The monoisotopic (exact) mass is 1810 g/mol. The van der Waals surface area contributed by atoms with Crippen LogP contribution in [0.15, 0.2) is 109 Å². The minimum atomic E-state index is -2.61. The molecule has 2 saturated heterocycles. The molecule has 6 aliphatic rings. The number of hydrogen-bond donors (Lipinski definition) is 17. The lowest BCUT2D eigenvalue weighted by Gasteiger charge is -2.63. The molecular formula is C89H115N13O24S2. The predicted octanol–water partition coefficient (Wildman–Crippen LogP) is 3.24. The summed E-state index contributed by atoms with van der Waals surface area (Å²) in [5.41, 5.74) is 11.4. The number of rotatable bonds is 44. The second-order valence-electron chi connectivity index (χ2n) is 34.3. The summed E-state index contributed by atoms with van der Waals surface area (Å²) in [5.74, 6) is -13.9. The number of carbonyl (C=O) groups excluding carboxylic acids is 10. The highest BCUT2D eigenvalue weighted by molar-refractivity contribution is 8.76. The van der Waals surface area contributed by atoms with Gasteiger partial charge in [0.1, 0.15) is 30.5 Å². The Morgan fingerprint density at radius 1 is 0.703 bits per heavy atom. The molecule has 3 fully saturated rings. The fourth-order valence-electron chi connectivity index (χ4n) is 19.9. The number of aromatic nitrogens is 1. The number of piperidine rings is 1. The lowest BCUT2D eigenvalue weighted by Crippen LogP contribution is -2.82. The zero-order valence-electron chi connectivity index (χ0n) is 72.0. The number of methoxy groups -OCH3 is 1. The second kappa shape index (κ2) is 42.8. The van der Waals surface area contributed by atoms with Gasteiger partial charge in [-0.1, -0.05) is 126 Å². The van der Waals surface area contributed by atoms with Crippen molar-refractivity contribution in [2.45, 2.75) is 194 Å². The number of aliphatic hydroxyl groups excluding tert-OH is 1. The summed E-state index contributed by atoms with van der Waals surface area (Å²) in [6.07, 6.45) is -1.43. The highest BCUT2D eigenvalue weighted by Crippen LogP contribution is 2.68. The van der Waals surface area contributed by atoms with Gasteiger partial charge in [0.05, 0.1) is 49.6 Å². The summed E-state index contributed by atoms with van der Waals surface area (Å²) < 4.78 is 16.5. The minimum absolute atomic E-state index is 0.0346. The molecule has 2 bridgehead atoms. The number of anilines is 1. The first-order chi connectivity index (χ1) is 61.0. The maximum atomic E-state index is 15.3. The minimum Gasteiger partial charge on any atom is -0.496 e. The zero-order valence-corrected chi connectivity index (χ0v) is 73.6. The van der Waals surface area contributed by atoms with Crippen LogP contribution in [-0.2, 0) is 97.1 Å². The topological polar surface area (TPSA) is 556 Å². The van der Waals surface area contributed by atoms with Crippen LogP contribution in [0, 0.1) is 23.2 Å². The van der Waals surface area contributed by atoms with E-state index in [0.717, 1.165) is 68.8 Å². The van der Waals surface area contributed by atoms with Crippen LogP contribution in [-0.4, -0.2) is 272 Å². The van der Waals surface area contributed by atoms with Crippen LogP contribution in [0.3, 0.4) is 0 Å². The normalized spacial score (nSPS) is 24.6. The number of H-pyrrole nitrogens is 1. The lowest BCUT2D eigenvalue weighted by molar-refractivity contribution is -0.204. The predicted molar refractivity (Wildman–Crippen MR) is 469 cm³/mol. The van der Waals surface area contributed by atoms with Crippen LogP contribution in [0.5, 0.6) is 5.75 Å². The number of aliphatic carboxylic acids is 4. The number of amides is 8. The molecule has 5 aliphatic heterocycles. The average molecular weight is 1820 g/mol. The van der Waals surface area contributed by atoms with E-state index < -0.39 is 210 Å². The van der Waals surface area contributed by atoms with Crippen LogP contribution in [0.1, 0.15) is 138 Å². The number of urea groups is 1. The number of nitrogens with two attached hydrogens (primary N) is 1. The molecule has 6 heterocycles. The van der Waals surface area contributed by atoms with Gasteiger partial charge in [0.15, 0.2) is 23.4 Å². The first-order valence-electron chi connectivity index (χ1n) is 42.9. The van der Waals surface area contributed by atoms with E-state index in [1.54, 1.807) is 74.8 Å². The number of carboxylic acid groups (broad SMARTS) is 4. The van der Waals surface area contributed by atoms with Gasteiger partial charge in [-0.15, -0.1) is 0 Å². The number of likely N-dealkylation sites (N-methyl/N-ethyl adjacent to an activating group) is 1. The molecule has 39 heteroatoms. The summed E-state index contributed by atoms with van der Waals surface area (Å²) in [5, 5.41) is 93.0. The van der Waals surface area contributed by atoms with Gasteiger partial charge in [-0.25, -0.2) is 19.8 Å². The van der Waals surface area contributed by atoms with Crippen molar-refractivity contribution in [1.82, 2.24) is 57.5 Å². The standard InChI is InChI=1S/C89H115N13O24S2/c1-6-86(122)45-53-44-85(3,74-57(28-33-101(47-53)49-86)56-21-14-15-22-61(56)94-74)59-41-58-65(43-68(59)124-5)100(4)80-88(58)30-34-102-32-16-29-87(7-2,79(88)102)81(118)89(80,123)82(119)98-99-84(121)125-35-36-127-128-48-55(77(114)115)40-67(105)64(42-73(110)111)95-76(113)60(90)46-92-75(112)54(37-51-17-10-8-11-18-51)39-66(104)63(38-52-19-12-9-13-20-52)93-70(107)27-31-91-69(106)24-23-62(78(116)117)96-83(120)97-71(126-50-103)25-26-72(108)109/h8-22,29,41,43,50,53-55,60,62-64,71,79-81,94,118,122-123H,6-7,23-28,30-40,42,44-49,90H2,1-5H3,(H,91,106)(H,92,112)(H,93,107)(H,95,113)(H,98,119)(H,99,121)(H,108,109)(H,110,111)(H,114,115)(H,116,117)(H2,96,97,120)/t53-,54+,55-,60-,62-,63-,64-,71+,79-,80?,81+,85+,86-,87+,88+,89-/m0/s1. The third kappa shape index (κ3) is 22.2. The van der Waals surface area contributed by atoms with E-state index in [9.17, 15) is 93.0 Å². The second-order valence-corrected chi connectivity index (χ2v) is 36.9. The van der Waals surface area contributed by atoms with E-state index >= 15 is 4.79 Å². The first-order valence-corrected chi connectivity index (χ1v) is 45.4. The van der Waals surface area contributed by atoms with Gasteiger partial charge < -0.3 is 97.5 Å². The third-order valence-electron chi connectivity index (χ3n) is 26.0. The number of nitrogens with one attached hydrogen (secondary N) is 9. The molecule has 4 aromatic carbocycles. The number of Topliss-reactive ketones (excluding diaryl/α,β-unsaturated/α-hetero) is 2. The fourth-order valence-corrected chi connectivity index (χ4v) is 22.1. The highest BCUT2D eigenvalue weighted by atomic mass is 33.1. The van der Waals surface area contributed by atoms with Crippen LogP contribution in [0.4, 0.5) is 15.3 Å². The maximum Gasteiger partial charge on any atom is 0.426 e. The number of ketones is 2. The molecule has 18 N–H and O–H groups in total. The van der Waals surface area contributed by atoms with Gasteiger partial charge in [-0.3, -0.25) is 68.0 Å². The van der Waals surface area contributed by atoms with Gasteiger partial charge in [0, 0.05) is 152 Å². The van der Waals surface area contributed by atoms with Gasteiger partial charge in [0.25, 0.3) is 12.4 Å². The number of fused-ring (bicyclic) bond motifs is 6. The molecule has 1 aliphatic carbocycles.